The molecule has 2 aromatic rings. The lowest BCUT2D eigenvalue weighted by Crippen LogP contribution is -2.03. The average Bonchev–Trinajstić information content (AvgIpc) is 2.43. The van der Waals surface area contributed by atoms with Crippen LogP contribution in [0.3, 0.4) is 0 Å². The van der Waals surface area contributed by atoms with Crippen molar-refractivity contribution in [3.8, 4) is 5.75 Å². The van der Waals surface area contributed by atoms with Crippen molar-refractivity contribution < 1.29 is 9.50 Å². The Hall–Kier alpha value is -1.88. The maximum absolute atomic E-state index is 12.8. The molecule has 0 atom stereocenters. The molecule has 104 valence electrons. The van der Waals surface area contributed by atoms with Crippen LogP contribution in [0.15, 0.2) is 52.0 Å². The number of hydrogen-bond acceptors (Lipinski definition) is 3. The van der Waals surface area contributed by atoms with E-state index in [2.05, 4.69) is 26.5 Å². The number of hydrogen-bond donors (Lipinski definition) is 2. The van der Waals surface area contributed by atoms with Gasteiger partial charge in [-0.05, 0) is 48.9 Å². The number of rotatable bonds is 4. The van der Waals surface area contributed by atoms with Crippen molar-refractivity contribution in [1.29, 1.82) is 0 Å². The van der Waals surface area contributed by atoms with Gasteiger partial charge in [-0.15, -0.1) is 0 Å². The van der Waals surface area contributed by atoms with Crippen LogP contribution >= 0.6 is 15.9 Å². The molecule has 0 heterocycles. The molecule has 0 aliphatic carbocycles. The fraction of sp³-hybridized carbons (Fsp3) is 0.133. The fourth-order valence-corrected chi connectivity index (χ4v) is 2.08. The van der Waals surface area contributed by atoms with Crippen molar-refractivity contribution >= 4 is 27.3 Å². The van der Waals surface area contributed by atoms with Crippen molar-refractivity contribution in [2.75, 3.05) is 5.43 Å². The smallest absolute Gasteiger partial charge is 0.125 e. The quantitative estimate of drug-likeness (QED) is 0.636. The molecule has 0 saturated carbocycles. The Kier molecular flexibility index (Phi) is 4.74. The molecule has 0 aromatic heterocycles. The first-order chi connectivity index (χ1) is 9.60. The number of phenols is 1. The third-order valence-corrected chi connectivity index (χ3v) is 3.26. The lowest BCUT2D eigenvalue weighted by atomic mass is 10.1. The van der Waals surface area contributed by atoms with E-state index in [0.717, 1.165) is 10.2 Å². The SMILES string of the molecule is CC/C(=N\Nc1ccc(F)cc1)c1ccc(Br)cc1O. The third-order valence-electron chi connectivity index (χ3n) is 2.77. The fourth-order valence-electron chi connectivity index (χ4n) is 1.74. The summed E-state index contributed by atoms with van der Waals surface area (Å²) >= 11 is 3.30. The molecule has 20 heavy (non-hydrogen) atoms. The lowest BCUT2D eigenvalue weighted by molar-refractivity contribution is 0.473. The minimum atomic E-state index is -0.291. The molecule has 0 aliphatic rings. The van der Waals surface area contributed by atoms with E-state index < -0.39 is 0 Å². The van der Waals surface area contributed by atoms with Crippen LogP contribution in [0.1, 0.15) is 18.9 Å². The van der Waals surface area contributed by atoms with Crippen molar-refractivity contribution in [1.82, 2.24) is 0 Å². The summed E-state index contributed by atoms with van der Waals surface area (Å²) in [7, 11) is 0. The summed E-state index contributed by atoms with van der Waals surface area (Å²) in [6, 6.07) is 11.2. The van der Waals surface area contributed by atoms with Gasteiger partial charge in [-0.1, -0.05) is 22.9 Å². The molecule has 0 unspecified atom stereocenters. The van der Waals surface area contributed by atoms with Gasteiger partial charge < -0.3 is 5.11 Å². The molecule has 0 amide bonds. The first kappa shape index (κ1) is 14.5. The lowest BCUT2D eigenvalue weighted by Gasteiger charge is -2.08. The Bertz CT molecular complexity index is 626. The van der Waals surface area contributed by atoms with Crippen molar-refractivity contribution in [3.05, 3.63) is 58.3 Å². The monoisotopic (exact) mass is 336 g/mol. The van der Waals surface area contributed by atoms with Crippen molar-refractivity contribution in [2.24, 2.45) is 5.10 Å². The molecule has 3 nitrogen and oxygen atoms in total. The van der Waals surface area contributed by atoms with Crippen LogP contribution in [0, 0.1) is 5.82 Å². The molecule has 0 radical (unpaired) electrons. The number of benzene rings is 2. The Morgan fingerprint density at radius 2 is 1.95 bits per heavy atom. The number of halogens is 2. The second-order valence-corrected chi connectivity index (χ2v) is 5.11. The van der Waals surface area contributed by atoms with Crippen LogP contribution in [0.25, 0.3) is 0 Å². The van der Waals surface area contributed by atoms with E-state index in [4.69, 9.17) is 0 Å². The number of aromatic hydroxyl groups is 1. The molecule has 0 aliphatic heterocycles. The number of phenolic OH excluding ortho intramolecular Hbond substituents is 1. The van der Waals surface area contributed by atoms with Gasteiger partial charge in [0.15, 0.2) is 0 Å². The maximum Gasteiger partial charge on any atom is 0.125 e. The zero-order chi connectivity index (χ0) is 14.5. The van der Waals surface area contributed by atoms with Gasteiger partial charge in [0, 0.05) is 10.0 Å². The highest BCUT2D eigenvalue weighted by atomic mass is 79.9. The number of anilines is 1. The third kappa shape index (κ3) is 3.57. The maximum atomic E-state index is 12.8. The minimum absolute atomic E-state index is 0.167. The van der Waals surface area contributed by atoms with Gasteiger partial charge in [-0.2, -0.15) is 5.10 Å². The van der Waals surface area contributed by atoms with E-state index in [-0.39, 0.29) is 11.6 Å². The van der Waals surface area contributed by atoms with Crippen LogP contribution in [0.4, 0.5) is 10.1 Å². The highest BCUT2D eigenvalue weighted by molar-refractivity contribution is 9.10. The van der Waals surface area contributed by atoms with E-state index in [0.29, 0.717) is 17.7 Å². The van der Waals surface area contributed by atoms with E-state index >= 15 is 0 Å². The summed E-state index contributed by atoms with van der Waals surface area (Å²) in [4.78, 5) is 0. The number of nitrogens with zero attached hydrogens (tertiary/aromatic N) is 1. The van der Waals surface area contributed by atoms with Gasteiger partial charge in [-0.25, -0.2) is 4.39 Å². The zero-order valence-electron chi connectivity index (χ0n) is 10.9. The summed E-state index contributed by atoms with van der Waals surface area (Å²) in [5.41, 5.74) is 4.94. The molecule has 0 bridgehead atoms. The zero-order valence-corrected chi connectivity index (χ0v) is 12.5. The molecule has 2 rings (SSSR count). The highest BCUT2D eigenvalue weighted by Crippen LogP contribution is 2.24. The predicted molar refractivity (Wildman–Crippen MR) is 82.7 cm³/mol. The van der Waals surface area contributed by atoms with Crippen LogP contribution in [-0.4, -0.2) is 10.8 Å². The van der Waals surface area contributed by atoms with Crippen LogP contribution in [0.5, 0.6) is 5.75 Å². The molecule has 0 saturated heterocycles. The number of nitrogens with one attached hydrogen (secondary N) is 1. The Morgan fingerprint density at radius 1 is 1.25 bits per heavy atom. The minimum Gasteiger partial charge on any atom is -0.507 e. The summed E-state index contributed by atoms with van der Waals surface area (Å²) < 4.78 is 13.6. The van der Waals surface area contributed by atoms with Crippen LogP contribution < -0.4 is 5.43 Å². The normalized spacial score (nSPS) is 11.4. The first-order valence-corrected chi connectivity index (χ1v) is 6.96. The first-order valence-electron chi connectivity index (χ1n) is 6.17. The van der Waals surface area contributed by atoms with Crippen LogP contribution in [0.2, 0.25) is 0 Å². The van der Waals surface area contributed by atoms with E-state index in [1.54, 1.807) is 24.3 Å². The van der Waals surface area contributed by atoms with Gasteiger partial charge in [-0.3, -0.25) is 5.43 Å². The molecule has 5 heteroatoms. The average molecular weight is 337 g/mol. The van der Waals surface area contributed by atoms with Gasteiger partial charge in [0.25, 0.3) is 0 Å². The van der Waals surface area contributed by atoms with E-state index in [1.165, 1.54) is 12.1 Å². The Labute approximate surface area is 125 Å². The van der Waals surface area contributed by atoms with Gasteiger partial charge >= 0.3 is 0 Å². The van der Waals surface area contributed by atoms with Crippen LogP contribution in [-0.2, 0) is 0 Å². The Balaban J connectivity index is 2.23. The second kappa shape index (κ2) is 6.52. The van der Waals surface area contributed by atoms with Gasteiger partial charge in [0.05, 0.1) is 11.4 Å². The molecule has 0 spiro atoms. The largest absolute Gasteiger partial charge is 0.507 e. The van der Waals surface area contributed by atoms with Gasteiger partial charge in [0.2, 0.25) is 0 Å². The molecule has 2 aromatic carbocycles. The molecule has 0 fully saturated rings. The van der Waals surface area contributed by atoms with E-state index in [1.807, 2.05) is 13.0 Å². The predicted octanol–water partition coefficient (Wildman–Crippen LogP) is 4.52. The van der Waals surface area contributed by atoms with E-state index in [9.17, 15) is 9.50 Å². The molecule has 2 N–H and O–H groups in total. The topological polar surface area (TPSA) is 44.6 Å². The summed E-state index contributed by atoms with van der Waals surface area (Å²) in [6.45, 7) is 1.95. The summed E-state index contributed by atoms with van der Waals surface area (Å²) in [6.07, 6.45) is 0.656. The summed E-state index contributed by atoms with van der Waals surface area (Å²) in [5, 5.41) is 14.2. The second-order valence-electron chi connectivity index (χ2n) is 4.19. The van der Waals surface area contributed by atoms with Gasteiger partial charge in [0.1, 0.15) is 11.6 Å². The van der Waals surface area contributed by atoms with Crippen molar-refractivity contribution in [2.45, 2.75) is 13.3 Å². The highest BCUT2D eigenvalue weighted by Gasteiger charge is 2.08. The Morgan fingerprint density at radius 3 is 2.55 bits per heavy atom. The summed E-state index contributed by atoms with van der Waals surface area (Å²) in [5.74, 6) is -0.123. The molecular weight excluding hydrogens is 323 g/mol. The molecular formula is C15H14BrFN2O. The van der Waals surface area contributed by atoms with Crippen molar-refractivity contribution in [3.63, 3.8) is 0 Å². The number of hydrazone groups is 1. The standard InChI is InChI=1S/C15H14BrFN2O/c1-2-14(13-8-3-10(16)9-15(13)20)19-18-12-6-4-11(17)5-7-12/h3-9,18,20H,2H2,1H3/b19-14+.